The molecule has 1 N–H and O–H groups in total. The smallest absolute Gasteiger partial charge is 0.304 e. The van der Waals surface area contributed by atoms with Crippen molar-refractivity contribution in [3.05, 3.63) is 51.1 Å². The summed E-state index contributed by atoms with van der Waals surface area (Å²) in [6, 6.07) is 7.15. The predicted molar refractivity (Wildman–Crippen MR) is 82.8 cm³/mol. The first-order chi connectivity index (χ1) is 9.99. The van der Waals surface area contributed by atoms with Gasteiger partial charge in [0.2, 0.25) is 0 Å². The Kier molecular flexibility index (Phi) is 4.87. The summed E-state index contributed by atoms with van der Waals surface area (Å²) in [5.41, 5.74) is 0.985. The molecule has 6 nitrogen and oxygen atoms in total. The normalized spacial score (nSPS) is 12.1. The lowest BCUT2D eigenvalue weighted by Gasteiger charge is -2.16. The Bertz CT molecular complexity index is 613. The number of rotatable bonds is 6. The average Bonchev–Trinajstić information content (AvgIpc) is 2.91. The molecule has 0 amide bonds. The summed E-state index contributed by atoms with van der Waals surface area (Å²) in [4.78, 5) is 17.4. The van der Waals surface area contributed by atoms with Gasteiger partial charge in [-0.15, -0.1) is 11.3 Å². The van der Waals surface area contributed by atoms with Crippen LogP contribution in [0.1, 0.15) is 23.6 Å². The minimum absolute atomic E-state index is 0.0411. The number of thiophene rings is 1. The van der Waals surface area contributed by atoms with Gasteiger partial charge in [-0.05, 0) is 19.1 Å². The van der Waals surface area contributed by atoms with Gasteiger partial charge in [0.15, 0.2) is 5.00 Å². The second-order valence-corrected chi connectivity index (χ2v) is 5.83. The highest BCUT2D eigenvalue weighted by Gasteiger charge is 2.23. The molecule has 21 heavy (non-hydrogen) atoms. The number of hydrogen-bond donors (Lipinski definition) is 1. The molecule has 7 heteroatoms. The molecule has 0 aromatic carbocycles. The summed E-state index contributed by atoms with van der Waals surface area (Å²) >= 11 is 1.25. The number of hydrogen-bond acceptors (Lipinski definition) is 6. The van der Waals surface area contributed by atoms with Crippen molar-refractivity contribution in [3.8, 4) is 0 Å². The number of aliphatic hydroxyl groups excluding tert-OH is 1. The number of aromatic nitrogens is 1. The van der Waals surface area contributed by atoms with Crippen LogP contribution in [0, 0.1) is 10.1 Å². The van der Waals surface area contributed by atoms with E-state index < -0.39 is 11.0 Å². The van der Waals surface area contributed by atoms with Crippen molar-refractivity contribution in [1.82, 2.24) is 4.98 Å². The van der Waals surface area contributed by atoms with Gasteiger partial charge in [-0.25, -0.2) is 0 Å². The lowest BCUT2D eigenvalue weighted by Crippen LogP contribution is -2.20. The Balaban J connectivity index is 2.14. The summed E-state index contributed by atoms with van der Waals surface area (Å²) in [7, 11) is 1.81. The van der Waals surface area contributed by atoms with Gasteiger partial charge in [0.1, 0.15) is 0 Å². The Morgan fingerprint density at radius 1 is 1.52 bits per heavy atom. The van der Waals surface area contributed by atoms with Crippen molar-refractivity contribution >= 4 is 22.0 Å². The third-order valence-corrected chi connectivity index (χ3v) is 4.51. The summed E-state index contributed by atoms with van der Waals surface area (Å²) < 4.78 is 0. The van der Waals surface area contributed by atoms with Crippen molar-refractivity contribution in [2.24, 2.45) is 0 Å². The molecule has 0 aliphatic carbocycles. The molecule has 2 rings (SSSR count). The fourth-order valence-corrected chi connectivity index (χ4v) is 2.98. The molecule has 0 saturated heterocycles. The van der Waals surface area contributed by atoms with Crippen LogP contribution in [0.3, 0.4) is 0 Å². The van der Waals surface area contributed by atoms with E-state index in [0.29, 0.717) is 22.8 Å². The first-order valence-electron chi connectivity index (χ1n) is 6.56. The van der Waals surface area contributed by atoms with Gasteiger partial charge in [0.05, 0.1) is 11.0 Å². The topological polar surface area (TPSA) is 79.5 Å². The van der Waals surface area contributed by atoms with Gasteiger partial charge in [-0.2, -0.15) is 0 Å². The first kappa shape index (κ1) is 15.4. The van der Waals surface area contributed by atoms with E-state index in [2.05, 4.69) is 4.98 Å². The Morgan fingerprint density at radius 3 is 2.86 bits per heavy atom. The maximum atomic E-state index is 11.1. The van der Waals surface area contributed by atoms with Crippen LogP contribution in [0.2, 0.25) is 0 Å². The minimum atomic E-state index is -0.702. The van der Waals surface area contributed by atoms with Crippen LogP contribution in [0.4, 0.5) is 10.7 Å². The molecule has 0 unspecified atom stereocenters. The summed E-state index contributed by atoms with van der Waals surface area (Å²) in [6.07, 6.45) is 1.73. The maximum Gasteiger partial charge on any atom is 0.304 e. The number of nitro groups is 1. The van der Waals surface area contributed by atoms with Crippen LogP contribution in [-0.2, 0) is 6.42 Å². The number of pyridine rings is 1. The SMILES string of the molecule is C[C@@H](O)c1cc([N+](=O)[O-])c(N(C)CCc2ccccn2)s1. The zero-order valence-electron chi connectivity index (χ0n) is 11.9. The third-order valence-electron chi connectivity index (χ3n) is 3.10. The average molecular weight is 307 g/mol. The van der Waals surface area contributed by atoms with Crippen molar-refractivity contribution in [1.29, 1.82) is 0 Å². The number of anilines is 1. The van der Waals surface area contributed by atoms with Gasteiger partial charge in [-0.3, -0.25) is 15.1 Å². The van der Waals surface area contributed by atoms with Gasteiger partial charge < -0.3 is 10.0 Å². The van der Waals surface area contributed by atoms with Gasteiger partial charge in [0, 0.05) is 42.8 Å². The maximum absolute atomic E-state index is 11.1. The van der Waals surface area contributed by atoms with E-state index in [9.17, 15) is 15.2 Å². The zero-order chi connectivity index (χ0) is 15.4. The largest absolute Gasteiger partial charge is 0.388 e. The Labute approximate surface area is 126 Å². The molecule has 0 aliphatic rings. The molecular formula is C14H17N3O3S. The van der Waals surface area contributed by atoms with E-state index in [1.807, 2.05) is 30.1 Å². The van der Waals surface area contributed by atoms with Gasteiger partial charge in [0.25, 0.3) is 0 Å². The molecular weight excluding hydrogens is 290 g/mol. The number of likely N-dealkylation sites (N-methyl/N-ethyl adjacent to an activating group) is 1. The van der Waals surface area contributed by atoms with E-state index in [1.54, 1.807) is 13.1 Å². The monoisotopic (exact) mass is 307 g/mol. The van der Waals surface area contributed by atoms with Crippen LogP contribution < -0.4 is 4.90 Å². The fourth-order valence-electron chi connectivity index (χ4n) is 1.93. The van der Waals surface area contributed by atoms with E-state index in [-0.39, 0.29) is 5.69 Å². The third kappa shape index (κ3) is 3.77. The van der Waals surface area contributed by atoms with E-state index in [0.717, 1.165) is 5.69 Å². The molecule has 0 aliphatic heterocycles. The van der Waals surface area contributed by atoms with Gasteiger partial charge >= 0.3 is 5.69 Å². The van der Waals surface area contributed by atoms with Crippen molar-refractivity contribution in [3.63, 3.8) is 0 Å². The molecule has 2 aromatic rings. The number of nitrogens with zero attached hydrogens (tertiary/aromatic N) is 3. The second-order valence-electron chi connectivity index (χ2n) is 4.76. The van der Waals surface area contributed by atoms with E-state index in [1.165, 1.54) is 17.4 Å². The van der Waals surface area contributed by atoms with E-state index in [4.69, 9.17) is 0 Å². The molecule has 0 spiro atoms. The highest BCUT2D eigenvalue weighted by atomic mass is 32.1. The summed E-state index contributed by atoms with van der Waals surface area (Å²) in [5.74, 6) is 0. The summed E-state index contributed by atoms with van der Waals surface area (Å²) in [5, 5.41) is 21.3. The van der Waals surface area contributed by atoms with Crippen LogP contribution in [-0.4, -0.2) is 28.6 Å². The second kappa shape index (κ2) is 6.64. The van der Waals surface area contributed by atoms with Crippen LogP contribution >= 0.6 is 11.3 Å². The van der Waals surface area contributed by atoms with Crippen molar-refractivity contribution in [2.45, 2.75) is 19.4 Å². The molecule has 0 saturated carbocycles. The lowest BCUT2D eigenvalue weighted by molar-refractivity contribution is -0.383. The van der Waals surface area contributed by atoms with Crippen molar-refractivity contribution < 1.29 is 10.0 Å². The predicted octanol–water partition coefficient (Wildman–Crippen LogP) is 2.78. The molecule has 112 valence electrons. The van der Waals surface area contributed by atoms with Crippen LogP contribution in [0.15, 0.2) is 30.5 Å². The molecule has 1 atom stereocenters. The standard InChI is InChI=1S/C14H17N3O3S/c1-10(18)13-9-12(17(19)20)14(21-13)16(2)8-6-11-5-3-4-7-15-11/h3-5,7,9-10,18H,6,8H2,1-2H3/t10-/m1/s1. The lowest BCUT2D eigenvalue weighted by atomic mass is 10.2. The first-order valence-corrected chi connectivity index (χ1v) is 7.38. The number of aliphatic hydroxyl groups is 1. The Morgan fingerprint density at radius 2 is 2.29 bits per heavy atom. The molecule has 0 fully saturated rings. The quantitative estimate of drug-likeness (QED) is 0.655. The molecule has 2 heterocycles. The van der Waals surface area contributed by atoms with Crippen LogP contribution in [0.25, 0.3) is 0 Å². The van der Waals surface area contributed by atoms with Crippen LogP contribution in [0.5, 0.6) is 0 Å². The fraction of sp³-hybridized carbons (Fsp3) is 0.357. The molecule has 0 bridgehead atoms. The highest BCUT2D eigenvalue weighted by Crippen LogP contribution is 2.39. The Hall–Kier alpha value is -1.99. The minimum Gasteiger partial charge on any atom is -0.388 e. The van der Waals surface area contributed by atoms with E-state index >= 15 is 0 Å². The highest BCUT2D eigenvalue weighted by molar-refractivity contribution is 7.16. The molecule has 2 aromatic heterocycles. The molecule has 0 radical (unpaired) electrons. The summed E-state index contributed by atoms with van der Waals surface area (Å²) in [6.45, 7) is 2.23. The zero-order valence-corrected chi connectivity index (χ0v) is 12.7. The van der Waals surface area contributed by atoms with Gasteiger partial charge in [-0.1, -0.05) is 6.07 Å². The van der Waals surface area contributed by atoms with Crippen molar-refractivity contribution in [2.75, 3.05) is 18.5 Å².